The van der Waals surface area contributed by atoms with Crippen molar-refractivity contribution in [2.24, 2.45) is 0 Å². The number of aryl methyl sites for hydroxylation is 1. The molecule has 1 saturated heterocycles. The van der Waals surface area contributed by atoms with Crippen molar-refractivity contribution in [2.45, 2.75) is 29.9 Å². The van der Waals surface area contributed by atoms with Gasteiger partial charge in [-0.3, -0.25) is 10.1 Å². The molecule has 9 heteroatoms. The quantitative estimate of drug-likeness (QED) is 0.481. The number of nitro groups is 1. The highest BCUT2D eigenvalue weighted by Crippen LogP contribution is 2.29. The van der Waals surface area contributed by atoms with Crippen molar-refractivity contribution >= 4 is 33.2 Å². The van der Waals surface area contributed by atoms with Gasteiger partial charge in [-0.1, -0.05) is 0 Å². The molecule has 1 heterocycles. The molecule has 0 radical (unpaired) electrons. The van der Waals surface area contributed by atoms with Crippen LogP contribution in [-0.4, -0.2) is 30.9 Å². The molecule has 1 aromatic carbocycles. The summed E-state index contributed by atoms with van der Waals surface area (Å²) in [7, 11) is -3.77. The minimum Gasteiger partial charge on any atom is -0.393 e. The zero-order valence-corrected chi connectivity index (χ0v) is 13.2. The smallest absolute Gasteiger partial charge is 0.293 e. The van der Waals surface area contributed by atoms with E-state index in [0.29, 0.717) is 12.1 Å². The second-order valence-electron chi connectivity index (χ2n) is 4.92. The summed E-state index contributed by atoms with van der Waals surface area (Å²) >= 11 is 1.74. The zero-order valence-electron chi connectivity index (χ0n) is 11.5. The Balaban J connectivity index is 2.26. The Morgan fingerprint density at radius 1 is 1.52 bits per heavy atom. The summed E-state index contributed by atoms with van der Waals surface area (Å²) in [5.74, 6) is 1.04. The van der Waals surface area contributed by atoms with Crippen molar-refractivity contribution in [3.05, 3.63) is 27.8 Å². The van der Waals surface area contributed by atoms with E-state index < -0.39 is 20.6 Å². The van der Waals surface area contributed by atoms with Gasteiger partial charge in [-0.2, -0.15) is 11.8 Å². The van der Waals surface area contributed by atoms with E-state index in [4.69, 9.17) is 5.73 Å². The molecule has 1 unspecified atom stereocenters. The van der Waals surface area contributed by atoms with Crippen LogP contribution in [0.1, 0.15) is 18.4 Å². The van der Waals surface area contributed by atoms with Crippen LogP contribution in [-0.2, 0) is 10.0 Å². The fourth-order valence-corrected chi connectivity index (χ4v) is 4.87. The topological polar surface area (TPSA) is 115 Å². The van der Waals surface area contributed by atoms with Crippen LogP contribution in [0.2, 0.25) is 0 Å². The average Bonchev–Trinajstić information content (AvgIpc) is 2.88. The molecule has 1 aromatic rings. The molecule has 7 nitrogen and oxygen atoms in total. The number of benzene rings is 1. The number of nitro benzene ring substituents is 1. The molecule has 0 aliphatic carbocycles. The first-order chi connectivity index (χ1) is 9.81. The molecule has 0 amide bonds. The van der Waals surface area contributed by atoms with Crippen molar-refractivity contribution in [1.29, 1.82) is 0 Å². The summed E-state index contributed by atoms with van der Waals surface area (Å²) in [6.45, 7) is 1.91. The van der Waals surface area contributed by atoms with Crippen LogP contribution in [0.4, 0.5) is 11.4 Å². The van der Waals surface area contributed by atoms with Gasteiger partial charge in [0.1, 0.15) is 5.69 Å². The number of anilines is 1. The number of nitrogens with one attached hydrogen (secondary N) is 1. The lowest BCUT2D eigenvalue weighted by Gasteiger charge is -2.13. The third-order valence-electron chi connectivity index (χ3n) is 3.34. The van der Waals surface area contributed by atoms with E-state index in [1.807, 2.05) is 0 Å². The minimum absolute atomic E-state index is 0.0391. The Morgan fingerprint density at radius 2 is 2.24 bits per heavy atom. The van der Waals surface area contributed by atoms with Crippen molar-refractivity contribution in [3.63, 3.8) is 0 Å². The molecule has 0 aromatic heterocycles. The standard InChI is InChI=1S/C12H17N3O4S2/c1-8-5-10(13)11(15(16)17)6-12(8)21(18,19)14-7-9-3-2-4-20-9/h5-6,9,14H,2-4,7,13H2,1H3. The van der Waals surface area contributed by atoms with Crippen LogP contribution in [0.5, 0.6) is 0 Å². The lowest BCUT2D eigenvalue weighted by atomic mass is 10.2. The SMILES string of the molecule is Cc1cc(N)c([N+](=O)[O-])cc1S(=O)(=O)NCC1CCCS1. The number of nitrogen functional groups attached to an aromatic ring is 1. The van der Waals surface area contributed by atoms with E-state index in [1.165, 1.54) is 6.07 Å². The van der Waals surface area contributed by atoms with Crippen molar-refractivity contribution in [3.8, 4) is 0 Å². The number of nitrogens with zero attached hydrogens (tertiary/aromatic N) is 1. The highest BCUT2D eigenvalue weighted by Gasteiger charge is 2.25. The van der Waals surface area contributed by atoms with Crippen LogP contribution < -0.4 is 10.5 Å². The molecule has 1 fully saturated rings. The minimum atomic E-state index is -3.77. The number of rotatable bonds is 5. The van der Waals surface area contributed by atoms with Gasteiger partial charge in [0.25, 0.3) is 5.69 Å². The highest BCUT2D eigenvalue weighted by molar-refractivity contribution is 8.00. The van der Waals surface area contributed by atoms with Crippen molar-refractivity contribution in [2.75, 3.05) is 18.0 Å². The molecule has 1 aliphatic heterocycles. The van der Waals surface area contributed by atoms with Gasteiger partial charge < -0.3 is 5.73 Å². The summed E-state index contributed by atoms with van der Waals surface area (Å²) in [6, 6.07) is 2.34. The normalized spacial score (nSPS) is 18.8. The Morgan fingerprint density at radius 3 is 2.81 bits per heavy atom. The maximum absolute atomic E-state index is 12.3. The molecular formula is C12H17N3O4S2. The monoisotopic (exact) mass is 331 g/mol. The van der Waals surface area contributed by atoms with E-state index in [-0.39, 0.29) is 15.8 Å². The fourth-order valence-electron chi connectivity index (χ4n) is 2.23. The second-order valence-corrected chi connectivity index (χ2v) is 8.06. The van der Waals surface area contributed by atoms with Gasteiger partial charge in [-0.25, -0.2) is 13.1 Å². The van der Waals surface area contributed by atoms with Crippen LogP contribution in [0, 0.1) is 17.0 Å². The summed E-state index contributed by atoms with van der Waals surface area (Å²) in [5.41, 5.74) is 5.51. The molecule has 21 heavy (non-hydrogen) atoms. The second kappa shape index (κ2) is 6.20. The van der Waals surface area contributed by atoms with Crippen LogP contribution in [0.15, 0.2) is 17.0 Å². The molecular weight excluding hydrogens is 314 g/mol. The molecule has 1 atom stereocenters. The third kappa shape index (κ3) is 3.66. The Hall–Kier alpha value is -1.32. The van der Waals surface area contributed by atoms with Gasteiger partial charge >= 0.3 is 0 Å². The van der Waals surface area contributed by atoms with Crippen molar-refractivity contribution in [1.82, 2.24) is 4.72 Å². The van der Waals surface area contributed by atoms with Gasteiger partial charge in [0.15, 0.2) is 0 Å². The number of hydrogen-bond donors (Lipinski definition) is 2. The summed E-state index contributed by atoms with van der Waals surface area (Å²) < 4.78 is 27.2. The first-order valence-corrected chi connectivity index (χ1v) is 9.00. The van der Waals surface area contributed by atoms with Crippen LogP contribution in [0.3, 0.4) is 0 Å². The highest BCUT2D eigenvalue weighted by atomic mass is 32.2. The van der Waals surface area contributed by atoms with Gasteiger partial charge in [-0.15, -0.1) is 0 Å². The van der Waals surface area contributed by atoms with E-state index in [1.54, 1.807) is 18.7 Å². The van der Waals surface area contributed by atoms with Gasteiger partial charge in [-0.05, 0) is 37.1 Å². The van der Waals surface area contributed by atoms with Gasteiger partial charge in [0.05, 0.1) is 9.82 Å². The molecule has 0 saturated carbocycles. The molecule has 0 bridgehead atoms. The first-order valence-electron chi connectivity index (χ1n) is 6.47. The van der Waals surface area contributed by atoms with E-state index in [9.17, 15) is 18.5 Å². The predicted molar refractivity (Wildman–Crippen MR) is 82.9 cm³/mol. The average molecular weight is 331 g/mol. The molecule has 1 aliphatic rings. The first kappa shape index (κ1) is 16.1. The summed E-state index contributed by atoms with van der Waals surface area (Å²) in [4.78, 5) is 10.1. The number of nitrogens with two attached hydrogens (primary N) is 1. The molecule has 3 N–H and O–H groups in total. The number of hydrogen-bond acceptors (Lipinski definition) is 6. The summed E-state index contributed by atoms with van der Waals surface area (Å²) in [6.07, 6.45) is 2.07. The maximum Gasteiger partial charge on any atom is 0.293 e. The summed E-state index contributed by atoms with van der Waals surface area (Å²) in [5, 5.41) is 11.2. The third-order valence-corrected chi connectivity index (χ3v) is 6.30. The predicted octanol–water partition coefficient (Wildman–Crippen LogP) is 1.66. The molecule has 2 rings (SSSR count). The molecule has 0 spiro atoms. The fraction of sp³-hybridized carbons (Fsp3) is 0.500. The Labute approximate surface area is 127 Å². The van der Waals surface area contributed by atoms with Crippen molar-refractivity contribution < 1.29 is 13.3 Å². The van der Waals surface area contributed by atoms with Crippen LogP contribution >= 0.6 is 11.8 Å². The van der Waals surface area contributed by atoms with Crippen LogP contribution in [0.25, 0.3) is 0 Å². The van der Waals surface area contributed by atoms with E-state index >= 15 is 0 Å². The Bertz CT molecular complexity index is 655. The van der Waals surface area contributed by atoms with E-state index in [0.717, 1.165) is 24.7 Å². The maximum atomic E-state index is 12.3. The zero-order chi connectivity index (χ0) is 15.6. The lowest BCUT2D eigenvalue weighted by Crippen LogP contribution is -2.30. The Kier molecular flexibility index (Phi) is 4.74. The number of thioether (sulfide) groups is 1. The largest absolute Gasteiger partial charge is 0.393 e. The lowest BCUT2D eigenvalue weighted by molar-refractivity contribution is -0.384. The number of sulfonamides is 1. The molecule has 116 valence electrons. The van der Waals surface area contributed by atoms with Gasteiger partial charge in [0.2, 0.25) is 10.0 Å². The van der Waals surface area contributed by atoms with Gasteiger partial charge in [0, 0.05) is 17.9 Å². The van der Waals surface area contributed by atoms with E-state index in [2.05, 4.69) is 4.72 Å².